The normalized spacial score (nSPS) is 23.6. The number of nitrogens with zero attached hydrogens (tertiary/aromatic N) is 2. The fourth-order valence-electron chi connectivity index (χ4n) is 4.36. The maximum absolute atomic E-state index is 13.2. The minimum absolute atomic E-state index is 0.0471. The minimum atomic E-state index is -1.19. The molecule has 2 aromatic rings. The molecule has 1 aromatic heterocycles. The van der Waals surface area contributed by atoms with Crippen molar-refractivity contribution in [3.8, 4) is 0 Å². The fourth-order valence-corrected chi connectivity index (χ4v) is 5.86. The van der Waals surface area contributed by atoms with Gasteiger partial charge in [0.25, 0.3) is 0 Å². The number of carbonyl (C=O) groups excluding carboxylic acids is 1. The molecule has 6 heteroatoms. The first-order valence-corrected chi connectivity index (χ1v) is 11.8. The quantitative estimate of drug-likeness (QED) is 0.711. The van der Waals surface area contributed by atoms with E-state index in [1.807, 2.05) is 31.2 Å². The summed E-state index contributed by atoms with van der Waals surface area (Å²) >= 11 is 0. The van der Waals surface area contributed by atoms with Crippen molar-refractivity contribution < 1.29 is 13.7 Å². The molecule has 1 aromatic carbocycles. The van der Waals surface area contributed by atoms with Crippen molar-refractivity contribution in [2.24, 2.45) is 0 Å². The van der Waals surface area contributed by atoms with Crippen LogP contribution in [0.3, 0.4) is 0 Å². The molecule has 0 spiro atoms. The highest BCUT2D eigenvalue weighted by Crippen LogP contribution is 2.35. The molecular formula is C22H30N2O3S. The molecule has 0 radical (unpaired) electrons. The van der Waals surface area contributed by atoms with Crippen LogP contribution < -0.4 is 0 Å². The Hall–Kier alpha value is -1.66. The second kappa shape index (κ2) is 8.37. The van der Waals surface area contributed by atoms with Crippen LogP contribution in [0, 0.1) is 0 Å². The van der Waals surface area contributed by atoms with E-state index < -0.39 is 10.8 Å². The van der Waals surface area contributed by atoms with Gasteiger partial charge in [0, 0.05) is 35.8 Å². The van der Waals surface area contributed by atoms with Crippen LogP contribution in [0.4, 0.5) is 0 Å². The summed E-state index contributed by atoms with van der Waals surface area (Å²) in [5.41, 5.74) is 1.51. The van der Waals surface area contributed by atoms with E-state index in [2.05, 4.69) is 16.4 Å². The highest BCUT2D eigenvalue weighted by atomic mass is 32.2. The smallest absolute Gasteiger partial charge is 0.341 e. The highest BCUT2D eigenvalue weighted by molar-refractivity contribution is 7.85. The number of ether oxygens (including phenoxy) is 1. The van der Waals surface area contributed by atoms with Crippen molar-refractivity contribution in [2.45, 2.75) is 68.9 Å². The van der Waals surface area contributed by atoms with Crippen molar-refractivity contribution in [1.82, 2.24) is 9.47 Å². The Morgan fingerprint density at radius 3 is 2.68 bits per heavy atom. The van der Waals surface area contributed by atoms with Crippen LogP contribution >= 0.6 is 0 Å². The summed E-state index contributed by atoms with van der Waals surface area (Å²) in [6.07, 6.45) is 5.00. The number of likely N-dealkylation sites (tertiary alicyclic amines) is 1. The third kappa shape index (κ3) is 3.64. The van der Waals surface area contributed by atoms with Gasteiger partial charge in [0.1, 0.15) is 16.7 Å². The number of aromatic nitrogens is 1. The van der Waals surface area contributed by atoms with E-state index in [9.17, 15) is 9.00 Å². The average molecular weight is 403 g/mol. The molecule has 1 saturated heterocycles. The molecule has 0 amide bonds. The summed E-state index contributed by atoms with van der Waals surface area (Å²) in [5.74, 6) is -0.306. The monoisotopic (exact) mass is 402 g/mol. The van der Waals surface area contributed by atoms with Crippen molar-refractivity contribution in [1.29, 1.82) is 0 Å². The number of carbonyl (C=O) groups is 1. The van der Waals surface area contributed by atoms with E-state index in [0.717, 1.165) is 56.3 Å². The lowest BCUT2D eigenvalue weighted by Gasteiger charge is -2.31. The molecule has 152 valence electrons. The number of unbranched alkanes of at least 4 members (excludes halogenated alkanes) is 1. The number of rotatable bonds is 5. The third-order valence-corrected chi connectivity index (χ3v) is 7.85. The first-order chi connectivity index (χ1) is 13.6. The Morgan fingerprint density at radius 1 is 1.18 bits per heavy atom. The Labute approximate surface area is 169 Å². The second-order valence-electron chi connectivity index (χ2n) is 8.05. The lowest BCUT2D eigenvalue weighted by atomic mass is 10.1. The fraction of sp³-hybridized carbons (Fsp3) is 0.591. The SMILES string of the molecule is CCCCN1CCC(OC(=O)c2c3n(c4ccccc24)CCC(C)S3=O)CC1. The van der Waals surface area contributed by atoms with Gasteiger partial charge < -0.3 is 14.2 Å². The van der Waals surface area contributed by atoms with Gasteiger partial charge in [-0.3, -0.25) is 4.21 Å². The van der Waals surface area contributed by atoms with E-state index in [1.165, 1.54) is 12.8 Å². The zero-order chi connectivity index (χ0) is 19.7. The molecule has 0 bridgehead atoms. The van der Waals surface area contributed by atoms with Gasteiger partial charge in [-0.2, -0.15) is 0 Å². The Morgan fingerprint density at radius 2 is 1.93 bits per heavy atom. The first-order valence-electron chi connectivity index (χ1n) is 10.5. The Balaban J connectivity index is 1.56. The minimum Gasteiger partial charge on any atom is -0.459 e. The molecule has 1 fully saturated rings. The van der Waals surface area contributed by atoms with Crippen LogP contribution in [0.2, 0.25) is 0 Å². The zero-order valence-electron chi connectivity index (χ0n) is 16.9. The maximum Gasteiger partial charge on any atom is 0.341 e. The van der Waals surface area contributed by atoms with Crippen LogP contribution in [-0.2, 0) is 22.1 Å². The zero-order valence-corrected chi connectivity index (χ0v) is 17.7. The van der Waals surface area contributed by atoms with Crippen LogP contribution in [0.25, 0.3) is 10.9 Å². The molecule has 3 heterocycles. The Kier molecular flexibility index (Phi) is 5.88. The van der Waals surface area contributed by atoms with Crippen molar-refractivity contribution >= 4 is 27.7 Å². The van der Waals surface area contributed by atoms with Gasteiger partial charge in [0.05, 0.1) is 10.8 Å². The summed E-state index contributed by atoms with van der Waals surface area (Å²) in [7, 11) is -1.19. The largest absolute Gasteiger partial charge is 0.459 e. The van der Waals surface area contributed by atoms with E-state index >= 15 is 0 Å². The number of hydrogen-bond donors (Lipinski definition) is 0. The van der Waals surface area contributed by atoms with Gasteiger partial charge in [-0.25, -0.2) is 4.79 Å². The second-order valence-corrected chi connectivity index (χ2v) is 9.83. The van der Waals surface area contributed by atoms with Crippen molar-refractivity contribution in [3.63, 3.8) is 0 Å². The van der Waals surface area contributed by atoms with Gasteiger partial charge in [-0.15, -0.1) is 0 Å². The summed E-state index contributed by atoms with van der Waals surface area (Å²) in [6.45, 7) is 8.10. The van der Waals surface area contributed by atoms with Gasteiger partial charge in [-0.05, 0) is 38.3 Å². The maximum atomic E-state index is 13.2. The first kappa shape index (κ1) is 19.6. The Bertz CT molecular complexity index is 883. The van der Waals surface area contributed by atoms with E-state index in [0.29, 0.717) is 10.6 Å². The average Bonchev–Trinajstić information content (AvgIpc) is 3.05. The van der Waals surface area contributed by atoms with Gasteiger partial charge >= 0.3 is 5.97 Å². The predicted octanol–water partition coefficient (Wildman–Crippen LogP) is 3.96. The topological polar surface area (TPSA) is 51.5 Å². The molecule has 2 unspecified atom stereocenters. The van der Waals surface area contributed by atoms with E-state index in [4.69, 9.17) is 4.74 Å². The molecule has 0 aliphatic carbocycles. The van der Waals surface area contributed by atoms with Crippen molar-refractivity contribution in [3.05, 3.63) is 29.8 Å². The third-order valence-electron chi connectivity index (χ3n) is 6.08. The lowest BCUT2D eigenvalue weighted by molar-refractivity contribution is 0.0110. The van der Waals surface area contributed by atoms with Crippen LogP contribution in [0.15, 0.2) is 29.3 Å². The van der Waals surface area contributed by atoms with E-state index in [1.54, 1.807) is 0 Å². The standard InChI is InChI=1S/C22H30N2O3S/c1-3-4-12-23-13-10-17(11-14-23)27-22(25)20-18-7-5-6-8-19(18)24-15-9-16(2)28(26)21(20)24/h5-8,16-17H,3-4,9-15H2,1-2H3. The number of hydrogen-bond acceptors (Lipinski definition) is 4. The van der Waals surface area contributed by atoms with Crippen LogP contribution in [-0.4, -0.2) is 50.6 Å². The molecule has 2 atom stereocenters. The van der Waals surface area contributed by atoms with Crippen molar-refractivity contribution in [2.75, 3.05) is 19.6 Å². The number of fused-ring (bicyclic) bond motifs is 3. The molecule has 4 rings (SSSR count). The number of aryl methyl sites for hydroxylation is 1. The summed E-state index contributed by atoms with van der Waals surface area (Å²) in [5, 5.41) is 1.58. The number of benzene rings is 1. The number of esters is 1. The summed E-state index contributed by atoms with van der Waals surface area (Å²) < 4.78 is 21.0. The van der Waals surface area contributed by atoms with Crippen LogP contribution in [0.5, 0.6) is 0 Å². The predicted molar refractivity (Wildman–Crippen MR) is 112 cm³/mol. The van der Waals surface area contributed by atoms with E-state index in [-0.39, 0.29) is 17.3 Å². The number of para-hydroxylation sites is 1. The molecule has 2 aliphatic rings. The number of piperidine rings is 1. The summed E-state index contributed by atoms with van der Waals surface area (Å²) in [6, 6.07) is 7.86. The molecule has 2 aliphatic heterocycles. The molecule has 5 nitrogen and oxygen atoms in total. The molecular weight excluding hydrogens is 372 g/mol. The lowest BCUT2D eigenvalue weighted by Crippen LogP contribution is -2.38. The molecule has 0 saturated carbocycles. The van der Waals surface area contributed by atoms with Crippen LogP contribution in [0.1, 0.15) is 56.3 Å². The highest BCUT2D eigenvalue weighted by Gasteiger charge is 2.34. The summed E-state index contributed by atoms with van der Waals surface area (Å²) in [4.78, 5) is 15.6. The van der Waals surface area contributed by atoms with Gasteiger partial charge in [0.15, 0.2) is 0 Å². The molecule has 0 N–H and O–H groups in total. The van der Waals surface area contributed by atoms with Gasteiger partial charge in [0.2, 0.25) is 0 Å². The van der Waals surface area contributed by atoms with Gasteiger partial charge in [-0.1, -0.05) is 38.5 Å². The molecule has 28 heavy (non-hydrogen) atoms.